The Labute approximate surface area is 121 Å². The molecule has 0 saturated heterocycles. The summed E-state index contributed by atoms with van der Waals surface area (Å²) in [5, 5.41) is -0.0887. The molecule has 2 aromatic rings. The molecule has 0 aromatic heterocycles. The van der Waals surface area contributed by atoms with Gasteiger partial charge in [-0.3, -0.25) is 4.79 Å². The maximum atomic E-state index is 13.6. The van der Waals surface area contributed by atoms with Gasteiger partial charge in [0, 0.05) is 5.02 Å². The van der Waals surface area contributed by atoms with Crippen LogP contribution in [0.1, 0.15) is 17.0 Å². The van der Waals surface area contributed by atoms with Crippen LogP contribution >= 0.6 is 23.2 Å². The van der Waals surface area contributed by atoms with E-state index in [1.807, 2.05) is 0 Å². The van der Waals surface area contributed by atoms with Gasteiger partial charge in [-0.05, 0) is 41.3 Å². The van der Waals surface area contributed by atoms with Crippen LogP contribution in [-0.2, 0) is 11.2 Å². The van der Waals surface area contributed by atoms with Crippen LogP contribution in [0.3, 0.4) is 0 Å². The summed E-state index contributed by atoms with van der Waals surface area (Å²) in [6.45, 7) is 0. The summed E-state index contributed by atoms with van der Waals surface area (Å²) in [5.41, 5.74) is 1.06. The first-order chi connectivity index (χ1) is 9.09. The number of carbonyl (C=O) groups is 1. The van der Waals surface area contributed by atoms with E-state index in [1.165, 1.54) is 6.07 Å². The Morgan fingerprint density at radius 1 is 1.11 bits per heavy atom. The van der Waals surface area contributed by atoms with E-state index < -0.39 is 11.2 Å². The van der Waals surface area contributed by atoms with Crippen LogP contribution < -0.4 is 0 Å². The summed E-state index contributed by atoms with van der Waals surface area (Å²) in [6, 6.07) is 13.3. The van der Waals surface area contributed by atoms with Gasteiger partial charge in [0.25, 0.3) is 0 Å². The quantitative estimate of drug-likeness (QED) is 0.755. The molecule has 0 saturated carbocycles. The van der Waals surface area contributed by atoms with Gasteiger partial charge >= 0.3 is 0 Å². The molecule has 0 fully saturated rings. The number of halogens is 3. The minimum absolute atomic E-state index is 0.193. The van der Waals surface area contributed by atoms with E-state index in [-0.39, 0.29) is 12.2 Å². The van der Waals surface area contributed by atoms with Crippen LogP contribution in [0.25, 0.3) is 0 Å². The molecular formula is C15H11Cl2FO. The van der Waals surface area contributed by atoms with Crippen LogP contribution in [0.5, 0.6) is 0 Å². The third-order valence-electron chi connectivity index (χ3n) is 2.94. The van der Waals surface area contributed by atoms with Crippen LogP contribution in [0.15, 0.2) is 48.5 Å². The zero-order valence-corrected chi connectivity index (χ0v) is 11.5. The first-order valence-corrected chi connectivity index (χ1v) is 6.52. The van der Waals surface area contributed by atoms with Crippen molar-refractivity contribution in [3.8, 4) is 0 Å². The largest absolute Gasteiger partial charge is 0.281 e. The van der Waals surface area contributed by atoms with Crippen LogP contribution in [0.2, 0.25) is 5.02 Å². The lowest BCUT2D eigenvalue weighted by atomic mass is 9.93. The first kappa shape index (κ1) is 14.0. The highest BCUT2D eigenvalue weighted by Gasteiger charge is 2.22. The molecule has 19 heavy (non-hydrogen) atoms. The van der Waals surface area contributed by atoms with Gasteiger partial charge in [-0.1, -0.05) is 48.0 Å². The zero-order valence-electron chi connectivity index (χ0n) is 9.95. The lowest BCUT2D eigenvalue weighted by Gasteiger charge is -2.15. The predicted octanol–water partition coefficient (Wildman–Crippen LogP) is 4.57. The Bertz CT molecular complexity index is 598. The fourth-order valence-corrected chi connectivity index (χ4v) is 2.42. The Balaban J connectivity index is 2.35. The van der Waals surface area contributed by atoms with E-state index in [9.17, 15) is 9.18 Å². The fraction of sp³-hybridized carbons (Fsp3) is 0.133. The molecule has 1 unspecified atom stereocenters. The number of rotatable bonds is 4. The second-order valence-electron chi connectivity index (χ2n) is 4.17. The minimum Gasteiger partial charge on any atom is -0.281 e. The molecule has 0 amide bonds. The number of hydrogen-bond acceptors (Lipinski definition) is 1. The molecule has 1 atom stereocenters. The van der Waals surface area contributed by atoms with Crippen molar-refractivity contribution >= 4 is 28.4 Å². The molecule has 0 heterocycles. The summed E-state index contributed by atoms with van der Waals surface area (Å²) in [7, 11) is 0. The average Bonchev–Trinajstić information content (AvgIpc) is 2.38. The molecule has 0 aliphatic rings. The fourth-order valence-electron chi connectivity index (χ4n) is 1.95. The van der Waals surface area contributed by atoms with Crippen molar-refractivity contribution in [1.29, 1.82) is 0 Å². The third kappa shape index (κ3) is 3.34. The van der Waals surface area contributed by atoms with Crippen molar-refractivity contribution in [3.05, 3.63) is 70.5 Å². The van der Waals surface area contributed by atoms with Gasteiger partial charge in [-0.15, -0.1) is 0 Å². The zero-order chi connectivity index (χ0) is 13.8. The summed E-state index contributed by atoms with van der Waals surface area (Å²) < 4.78 is 13.6. The van der Waals surface area contributed by atoms with E-state index in [2.05, 4.69) is 0 Å². The van der Waals surface area contributed by atoms with Crippen molar-refractivity contribution < 1.29 is 9.18 Å². The molecule has 0 radical (unpaired) electrons. The predicted molar refractivity (Wildman–Crippen MR) is 75.2 cm³/mol. The SMILES string of the molecule is O=C(Cl)C(Cc1ccccc1F)c1ccccc1Cl. The second kappa shape index (κ2) is 6.18. The van der Waals surface area contributed by atoms with Crippen molar-refractivity contribution in [2.24, 2.45) is 0 Å². The monoisotopic (exact) mass is 296 g/mol. The standard InChI is InChI=1S/C15H11Cl2FO/c16-13-7-3-2-6-11(13)12(15(17)19)9-10-5-1-4-8-14(10)18/h1-8,12H,9H2. The number of benzene rings is 2. The molecular weight excluding hydrogens is 286 g/mol. The average molecular weight is 297 g/mol. The highest BCUT2D eigenvalue weighted by atomic mass is 35.5. The topological polar surface area (TPSA) is 17.1 Å². The summed E-state index contributed by atoms with van der Waals surface area (Å²) in [4.78, 5) is 11.6. The maximum Gasteiger partial charge on any atom is 0.229 e. The Kier molecular flexibility index (Phi) is 4.56. The molecule has 98 valence electrons. The van der Waals surface area contributed by atoms with Gasteiger partial charge in [0.15, 0.2) is 0 Å². The molecule has 4 heteroatoms. The van der Waals surface area contributed by atoms with E-state index in [0.29, 0.717) is 16.1 Å². The smallest absolute Gasteiger partial charge is 0.229 e. The van der Waals surface area contributed by atoms with Gasteiger partial charge in [0.2, 0.25) is 5.24 Å². The normalized spacial score (nSPS) is 12.2. The summed E-state index contributed by atoms with van der Waals surface area (Å²) >= 11 is 11.7. The first-order valence-electron chi connectivity index (χ1n) is 5.76. The van der Waals surface area contributed by atoms with Gasteiger partial charge in [-0.2, -0.15) is 0 Å². The summed E-state index contributed by atoms with van der Waals surface area (Å²) in [6.07, 6.45) is 0.193. The van der Waals surface area contributed by atoms with Gasteiger partial charge in [-0.25, -0.2) is 4.39 Å². The summed E-state index contributed by atoms with van der Waals surface area (Å²) in [5.74, 6) is -0.996. The van der Waals surface area contributed by atoms with Crippen molar-refractivity contribution in [2.45, 2.75) is 12.3 Å². The molecule has 1 nitrogen and oxygen atoms in total. The molecule has 0 aliphatic heterocycles. The molecule has 2 aromatic carbocycles. The number of hydrogen-bond donors (Lipinski definition) is 0. The van der Waals surface area contributed by atoms with Crippen molar-refractivity contribution in [2.75, 3.05) is 0 Å². The highest BCUT2D eigenvalue weighted by molar-refractivity contribution is 6.64. The molecule has 2 rings (SSSR count). The number of carbonyl (C=O) groups excluding carboxylic acids is 1. The molecule has 0 aliphatic carbocycles. The molecule has 0 spiro atoms. The van der Waals surface area contributed by atoms with Crippen LogP contribution in [0, 0.1) is 5.82 Å². The Morgan fingerprint density at radius 3 is 2.37 bits per heavy atom. The van der Waals surface area contributed by atoms with Crippen LogP contribution in [0.4, 0.5) is 4.39 Å². The molecule has 0 N–H and O–H groups in total. The third-order valence-corrected chi connectivity index (χ3v) is 3.54. The van der Waals surface area contributed by atoms with Crippen molar-refractivity contribution in [3.63, 3.8) is 0 Å². The minimum atomic E-state index is -0.646. The van der Waals surface area contributed by atoms with Gasteiger partial charge in [0.1, 0.15) is 5.82 Å². The lowest BCUT2D eigenvalue weighted by Crippen LogP contribution is -2.11. The van der Waals surface area contributed by atoms with Gasteiger partial charge < -0.3 is 0 Å². The van der Waals surface area contributed by atoms with Crippen LogP contribution in [-0.4, -0.2) is 5.24 Å². The molecule has 0 bridgehead atoms. The Morgan fingerprint density at radius 2 is 1.74 bits per heavy atom. The second-order valence-corrected chi connectivity index (χ2v) is 4.95. The lowest BCUT2D eigenvalue weighted by molar-refractivity contribution is -0.113. The van der Waals surface area contributed by atoms with Crippen molar-refractivity contribution in [1.82, 2.24) is 0 Å². The van der Waals surface area contributed by atoms with E-state index in [1.54, 1.807) is 42.5 Å². The van der Waals surface area contributed by atoms with E-state index in [0.717, 1.165) is 0 Å². The van der Waals surface area contributed by atoms with E-state index in [4.69, 9.17) is 23.2 Å². The van der Waals surface area contributed by atoms with E-state index >= 15 is 0 Å². The maximum absolute atomic E-state index is 13.6. The van der Waals surface area contributed by atoms with Gasteiger partial charge in [0.05, 0.1) is 5.92 Å². The highest BCUT2D eigenvalue weighted by Crippen LogP contribution is 2.30. The Hall–Kier alpha value is -1.38.